The molecule has 1 aliphatic rings. The number of pyridine rings is 1. The van der Waals surface area contributed by atoms with Gasteiger partial charge >= 0.3 is 133 Å². The van der Waals surface area contributed by atoms with E-state index in [9.17, 15) is 9.90 Å². The first-order valence-corrected chi connectivity index (χ1v) is 9.32. The molecule has 0 unspecified atom stereocenters. The number of fused-ring (bicyclic) bond motifs is 1. The van der Waals surface area contributed by atoms with Gasteiger partial charge in [0.1, 0.15) is 0 Å². The third kappa shape index (κ3) is 2.31. The Kier molecular flexibility index (Phi) is 3.89. The summed E-state index contributed by atoms with van der Waals surface area (Å²) in [7, 11) is 0. The van der Waals surface area contributed by atoms with Crippen molar-refractivity contribution in [2.24, 2.45) is 0 Å². The average Bonchev–Trinajstić information content (AvgIpc) is 2.78. The van der Waals surface area contributed by atoms with Crippen molar-refractivity contribution >= 4 is 42.0 Å². The van der Waals surface area contributed by atoms with Gasteiger partial charge in [-0.05, 0) is 0 Å². The fraction of sp³-hybridized carbons (Fsp3) is 0.467. The van der Waals surface area contributed by atoms with E-state index >= 15 is 0 Å². The van der Waals surface area contributed by atoms with E-state index in [0.717, 1.165) is 45.8 Å². The minimum atomic E-state index is -0.683. The van der Waals surface area contributed by atoms with Crippen LogP contribution in [0.5, 0.6) is 0 Å². The van der Waals surface area contributed by atoms with E-state index < -0.39 is 5.60 Å². The average molecular weight is 402 g/mol. The predicted octanol–water partition coefficient (Wildman–Crippen LogP) is 2.60. The number of halogens is 1. The zero-order valence-electron chi connectivity index (χ0n) is 11.4. The number of aliphatic hydroxyl groups is 1. The van der Waals surface area contributed by atoms with Crippen LogP contribution in [0.1, 0.15) is 54.0 Å². The van der Waals surface area contributed by atoms with E-state index in [1.807, 2.05) is 18.2 Å². The molecule has 5 heteroatoms. The van der Waals surface area contributed by atoms with Gasteiger partial charge < -0.3 is 0 Å². The van der Waals surface area contributed by atoms with Gasteiger partial charge in [-0.2, -0.15) is 0 Å². The van der Waals surface area contributed by atoms with Gasteiger partial charge in [-0.1, -0.05) is 0 Å². The summed E-state index contributed by atoms with van der Waals surface area (Å²) >= 11 is 3.62. The number of ketones is 1. The van der Waals surface area contributed by atoms with Gasteiger partial charge in [0.15, 0.2) is 0 Å². The maximum atomic E-state index is 11.8. The molecule has 0 spiro atoms. The Labute approximate surface area is 132 Å². The number of carbonyl (C=O) groups is 1. The van der Waals surface area contributed by atoms with E-state index in [2.05, 4.69) is 19.3 Å². The number of rotatable bonds is 2. The molecule has 2 aromatic rings. The summed E-state index contributed by atoms with van der Waals surface area (Å²) in [6.07, 6.45) is 5.04. The third-order valence-corrected chi connectivity index (χ3v) is 8.23. The van der Waals surface area contributed by atoms with Crippen LogP contribution in [0, 0.1) is 0 Å². The van der Waals surface area contributed by atoms with Crippen LogP contribution < -0.4 is 3.40 Å². The molecule has 2 aromatic heterocycles. The van der Waals surface area contributed by atoms with Gasteiger partial charge in [0.05, 0.1) is 0 Å². The summed E-state index contributed by atoms with van der Waals surface area (Å²) < 4.78 is 4.16. The van der Waals surface area contributed by atoms with Gasteiger partial charge in [0.25, 0.3) is 0 Å². The minimum absolute atomic E-state index is 0.0392. The summed E-state index contributed by atoms with van der Waals surface area (Å²) in [6.45, 7) is 1.60. The second kappa shape index (κ2) is 5.38. The molecule has 0 bridgehead atoms. The van der Waals surface area contributed by atoms with Crippen LogP contribution in [-0.2, 0) is 5.60 Å². The quantitative estimate of drug-likeness (QED) is 0.620. The van der Waals surface area contributed by atoms with Gasteiger partial charge in [-0.15, -0.1) is 0 Å². The Morgan fingerprint density at radius 3 is 2.70 bits per heavy atom. The first-order chi connectivity index (χ1) is 9.53. The number of hydrogen-bond donors (Lipinski definition) is 1. The van der Waals surface area contributed by atoms with Crippen LogP contribution in [0.2, 0.25) is 0 Å². The number of aromatic nitrogens is 1. The van der Waals surface area contributed by atoms with Crippen molar-refractivity contribution in [1.29, 1.82) is 0 Å². The van der Waals surface area contributed by atoms with Crippen molar-refractivity contribution in [2.75, 3.05) is 0 Å². The summed E-state index contributed by atoms with van der Waals surface area (Å²) in [4.78, 5) is 11.8. The van der Waals surface area contributed by atoms with Gasteiger partial charge in [-0.3, -0.25) is 0 Å². The molecule has 2 heterocycles. The molecule has 1 fully saturated rings. The maximum absolute atomic E-state index is 11.8. The van der Waals surface area contributed by atoms with Crippen molar-refractivity contribution in [1.82, 2.24) is 0 Å². The molecular formula is C15H17BrNO2Se+. The SMILES string of the molecule is CC(=O)c1cccc2c(Br)c(C3(O)CCCCC3)[se][n+]12. The summed E-state index contributed by atoms with van der Waals surface area (Å²) in [5.74, 6) is 0.0749. The van der Waals surface area contributed by atoms with Gasteiger partial charge in [-0.25, -0.2) is 0 Å². The second-order valence-corrected chi connectivity index (χ2v) is 8.27. The van der Waals surface area contributed by atoms with Crippen molar-refractivity contribution in [2.45, 2.75) is 44.6 Å². The van der Waals surface area contributed by atoms with E-state index in [1.54, 1.807) is 6.92 Å². The first-order valence-electron chi connectivity index (χ1n) is 6.90. The molecule has 0 amide bonds. The van der Waals surface area contributed by atoms with Crippen LogP contribution in [0.15, 0.2) is 22.7 Å². The second-order valence-electron chi connectivity index (χ2n) is 5.47. The van der Waals surface area contributed by atoms with Gasteiger partial charge in [0, 0.05) is 0 Å². The van der Waals surface area contributed by atoms with Crippen molar-refractivity contribution in [3.63, 3.8) is 0 Å². The fourth-order valence-corrected chi connectivity index (χ4v) is 6.92. The van der Waals surface area contributed by atoms with E-state index in [0.29, 0.717) is 0 Å². The first kappa shape index (κ1) is 14.5. The fourth-order valence-electron chi connectivity index (χ4n) is 2.92. The molecule has 0 atom stereocenters. The molecule has 1 N–H and O–H groups in total. The Hall–Kier alpha value is -0.481. The van der Waals surface area contributed by atoms with E-state index in [1.165, 1.54) is 6.42 Å². The number of hydrogen-bond acceptors (Lipinski definition) is 2. The number of Topliss-reactive ketones (excluding diaryl/α,β-unsaturated/α-hetero) is 1. The molecule has 0 radical (unpaired) electrons. The normalized spacial score (nSPS) is 18.4. The van der Waals surface area contributed by atoms with E-state index in [4.69, 9.17) is 0 Å². The molecular weight excluding hydrogens is 385 g/mol. The Morgan fingerprint density at radius 1 is 1.35 bits per heavy atom. The van der Waals surface area contributed by atoms with Crippen molar-refractivity contribution in [3.8, 4) is 0 Å². The molecule has 1 aliphatic carbocycles. The molecule has 0 aromatic carbocycles. The molecule has 0 saturated heterocycles. The Balaban J connectivity index is 2.20. The molecule has 3 nitrogen and oxygen atoms in total. The summed E-state index contributed by atoms with van der Waals surface area (Å²) in [5.41, 5.74) is 1.07. The monoisotopic (exact) mass is 402 g/mol. The summed E-state index contributed by atoms with van der Waals surface area (Å²) in [5, 5.41) is 11.0. The third-order valence-electron chi connectivity index (χ3n) is 4.02. The Morgan fingerprint density at radius 2 is 2.05 bits per heavy atom. The number of carbonyl (C=O) groups excluding carboxylic acids is 1. The molecule has 106 valence electrons. The summed E-state index contributed by atoms with van der Waals surface area (Å²) in [6, 6.07) is 5.78. The van der Waals surface area contributed by atoms with Crippen LogP contribution in [0.25, 0.3) is 5.52 Å². The van der Waals surface area contributed by atoms with E-state index in [-0.39, 0.29) is 20.5 Å². The Bertz CT molecular complexity index is 674. The molecule has 1 saturated carbocycles. The van der Waals surface area contributed by atoms with Crippen LogP contribution in [0.3, 0.4) is 0 Å². The van der Waals surface area contributed by atoms with Crippen LogP contribution in [-0.4, -0.2) is 25.6 Å². The standard InChI is InChI=1S/C15H17BrNO2Se/c1-10(18)11-6-5-7-12-13(16)14(20-17(11)12)15(19)8-3-2-4-9-15/h5-7,19H,2-4,8-9H2,1H3/q+1. The molecule has 20 heavy (non-hydrogen) atoms. The van der Waals surface area contributed by atoms with Crippen molar-refractivity contribution in [3.05, 3.63) is 32.8 Å². The molecule has 0 aliphatic heterocycles. The zero-order chi connectivity index (χ0) is 14.3. The van der Waals surface area contributed by atoms with Crippen LogP contribution in [0.4, 0.5) is 0 Å². The van der Waals surface area contributed by atoms with Crippen LogP contribution >= 0.6 is 15.9 Å². The number of nitrogens with zero attached hydrogens (tertiary/aromatic N) is 1. The topological polar surface area (TPSA) is 41.4 Å². The molecule has 3 rings (SSSR count). The van der Waals surface area contributed by atoms with Crippen molar-refractivity contribution < 1.29 is 13.3 Å². The predicted molar refractivity (Wildman–Crippen MR) is 81.2 cm³/mol. The zero-order valence-corrected chi connectivity index (χ0v) is 14.7. The van der Waals surface area contributed by atoms with Gasteiger partial charge in [0.2, 0.25) is 0 Å².